The molecular formula is C17H20N4O2S. The minimum Gasteiger partial charge on any atom is -0.337 e. The highest BCUT2D eigenvalue weighted by molar-refractivity contribution is 7.13. The van der Waals surface area contributed by atoms with Gasteiger partial charge in [0.2, 0.25) is 0 Å². The van der Waals surface area contributed by atoms with E-state index in [-0.39, 0.29) is 17.0 Å². The number of hydrogen-bond donors (Lipinski definition) is 1. The molecule has 4 heterocycles. The van der Waals surface area contributed by atoms with E-state index in [0.29, 0.717) is 31.0 Å². The van der Waals surface area contributed by atoms with Gasteiger partial charge in [0, 0.05) is 31.4 Å². The monoisotopic (exact) mass is 344 g/mol. The molecule has 2 aromatic heterocycles. The predicted molar refractivity (Wildman–Crippen MR) is 93.3 cm³/mol. The molecule has 1 amide bonds. The lowest BCUT2D eigenvalue weighted by molar-refractivity contribution is 0.0738. The summed E-state index contributed by atoms with van der Waals surface area (Å²) >= 11 is 1.50. The highest BCUT2D eigenvalue weighted by atomic mass is 32.1. The molecule has 2 aromatic rings. The molecule has 0 unspecified atom stereocenters. The largest absolute Gasteiger partial charge is 0.337 e. The molecule has 2 bridgehead atoms. The van der Waals surface area contributed by atoms with Crippen molar-refractivity contribution in [3.8, 4) is 10.7 Å². The second kappa shape index (κ2) is 6.14. The average molecular weight is 344 g/mol. The number of aromatic nitrogens is 2. The third kappa shape index (κ3) is 2.67. The second-order valence-corrected chi connectivity index (χ2v) is 7.49. The summed E-state index contributed by atoms with van der Waals surface area (Å²) in [5.74, 6) is 0.309. The van der Waals surface area contributed by atoms with Gasteiger partial charge in [0.1, 0.15) is 11.4 Å². The molecule has 0 aliphatic carbocycles. The van der Waals surface area contributed by atoms with E-state index in [2.05, 4.69) is 21.9 Å². The Hall–Kier alpha value is -1.99. The van der Waals surface area contributed by atoms with Gasteiger partial charge in [-0.05, 0) is 37.8 Å². The van der Waals surface area contributed by atoms with Gasteiger partial charge in [0.25, 0.3) is 11.5 Å². The number of hydrogen-bond acceptors (Lipinski definition) is 5. The van der Waals surface area contributed by atoms with Crippen LogP contribution in [0.2, 0.25) is 0 Å². The van der Waals surface area contributed by atoms with E-state index in [1.54, 1.807) is 0 Å². The van der Waals surface area contributed by atoms with Crippen LogP contribution >= 0.6 is 11.3 Å². The highest BCUT2D eigenvalue weighted by Gasteiger charge is 2.36. The number of thiophene rings is 1. The number of nitrogens with zero attached hydrogens (tertiary/aromatic N) is 3. The van der Waals surface area contributed by atoms with Crippen LogP contribution in [0.1, 0.15) is 29.6 Å². The molecule has 0 aromatic carbocycles. The maximum Gasteiger partial charge on any atom is 0.264 e. The van der Waals surface area contributed by atoms with Crippen LogP contribution in [-0.4, -0.2) is 57.9 Å². The number of carbonyl (C=O) groups excluding carboxylic acids is 1. The van der Waals surface area contributed by atoms with Crippen molar-refractivity contribution < 1.29 is 4.79 Å². The van der Waals surface area contributed by atoms with Gasteiger partial charge in [-0.15, -0.1) is 11.3 Å². The van der Waals surface area contributed by atoms with E-state index in [0.717, 1.165) is 17.7 Å². The summed E-state index contributed by atoms with van der Waals surface area (Å²) in [7, 11) is 2.14. The van der Waals surface area contributed by atoms with Gasteiger partial charge in [0.15, 0.2) is 0 Å². The van der Waals surface area contributed by atoms with Crippen LogP contribution in [-0.2, 0) is 0 Å². The van der Waals surface area contributed by atoms with Crippen LogP contribution in [0.25, 0.3) is 10.7 Å². The zero-order valence-electron chi connectivity index (χ0n) is 13.6. The molecule has 4 rings (SSSR count). The standard InChI is InChI=1S/C17H20N4O2S/c1-20-11-4-5-12(20)10-21(7-6-11)17(23)13-9-18-15(19-16(13)22)14-3-2-8-24-14/h2-3,8-9,11-12H,4-7,10H2,1H3,(H,18,19,22)/t11-,12+/m1/s1. The van der Waals surface area contributed by atoms with Crippen LogP contribution in [0.3, 0.4) is 0 Å². The van der Waals surface area contributed by atoms with Crippen molar-refractivity contribution in [1.29, 1.82) is 0 Å². The third-order valence-corrected chi connectivity index (χ3v) is 6.10. The zero-order chi connectivity index (χ0) is 16.7. The van der Waals surface area contributed by atoms with Crippen molar-refractivity contribution in [2.24, 2.45) is 0 Å². The zero-order valence-corrected chi connectivity index (χ0v) is 14.4. The number of carbonyl (C=O) groups is 1. The van der Waals surface area contributed by atoms with E-state index in [4.69, 9.17) is 0 Å². The van der Waals surface area contributed by atoms with Gasteiger partial charge in [-0.3, -0.25) is 14.5 Å². The number of amides is 1. The molecule has 6 nitrogen and oxygen atoms in total. The fraction of sp³-hybridized carbons (Fsp3) is 0.471. The molecule has 2 fully saturated rings. The lowest BCUT2D eigenvalue weighted by Crippen LogP contribution is -2.41. The summed E-state index contributed by atoms with van der Waals surface area (Å²) < 4.78 is 0. The van der Waals surface area contributed by atoms with Crippen LogP contribution < -0.4 is 5.56 Å². The molecular weight excluding hydrogens is 324 g/mol. The number of nitrogens with one attached hydrogen (secondary N) is 1. The quantitative estimate of drug-likeness (QED) is 0.902. The van der Waals surface area contributed by atoms with E-state index in [1.165, 1.54) is 24.0 Å². The van der Waals surface area contributed by atoms with Crippen molar-refractivity contribution in [3.05, 3.63) is 39.6 Å². The lowest BCUT2D eigenvalue weighted by Gasteiger charge is -2.25. The summed E-state index contributed by atoms with van der Waals surface area (Å²) in [4.78, 5) is 37.3. The Morgan fingerprint density at radius 2 is 2.17 bits per heavy atom. The number of likely N-dealkylation sites (N-methyl/N-ethyl adjacent to an activating group) is 1. The van der Waals surface area contributed by atoms with Gasteiger partial charge < -0.3 is 9.88 Å². The molecule has 0 spiro atoms. The molecule has 0 radical (unpaired) electrons. The fourth-order valence-electron chi connectivity index (χ4n) is 3.75. The highest BCUT2D eigenvalue weighted by Crippen LogP contribution is 2.28. The minimum atomic E-state index is -0.360. The molecule has 2 aliphatic heterocycles. The molecule has 2 atom stereocenters. The van der Waals surface area contributed by atoms with Crippen LogP contribution in [0.4, 0.5) is 0 Å². The van der Waals surface area contributed by atoms with Gasteiger partial charge in [-0.25, -0.2) is 4.98 Å². The van der Waals surface area contributed by atoms with Gasteiger partial charge in [0.05, 0.1) is 4.88 Å². The van der Waals surface area contributed by atoms with Gasteiger partial charge >= 0.3 is 0 Å². The normalized spacial score (nSPS) is 24.1. The van der Waals surface area contributed by atoms with Gasteiger partial charge in [-0.1, -0.05) is 6.07 Å². The molecule has 7 heteroatoms. The average Bonchev–Trinajstić information content (AvgIpc) is 3.16. The topological polar surface area (TPSA) is 69.3 Å². The molecule has 2 saturated heterocycles. The van der Waals surface area contributed by atoms with E-state index >= 15 is 0 Å². The first-order chi connectivity index (χ1) is 11.6. The summed E-state index contributed by atoms with van der Waals surface area (Å²) in [6.45, 7) is 1.40. The Morgan fingerprint density at radius 3 is 2.92 bits per heavy atom. The molecule has 24 heavy (non-hydrogen) atoms. The first-order valence-corrected chi connectivity index (χ1v) is 9.16. The SMILES string of the molecule is CN1[C@@H]2CC[C@H]1CN(C(=O)c1cnc(-c3cccs3)[nH]c1=O)CC2. The Kier molecular flexibility index (Phi) is 3.97. The summed E-state index contributed by atoms with van der Waals surface area (Å²) in [5.41, 5.74) is -0.225. The van der Waals surface area contributed by atoms with Crippen molar-refractivity contribution in [1.82, 2.24) is 19.8 Å². The maximum atomic E-state index is 12.8. The predicted octanol–water partition coefficient (Wildman–Crippen LogP) is 1.81. The molecule has 1 N–H and O–H groups in total. The molecule has 2 aliphatic rings. The van der Waals surface area contributed by atoms with Crippen molar-refractivity contribution in [2.75, 3.05) is 20.1 Å². The first-order valence-electron chi connectivity index (χ1n) is 8.28. The van der Waals surface area contributed by atoms with Crippen molar-refractivity contribution in [3.63, 3.8) is 0 Å². The Morgan fingerprint density at radius 1 is 1.33 bits per heavy atom. The summed E-state index contributed by atoms with van der Waals surface area (Å²) in [6, 6.07) is 4.76. The second-order valence-electron chi connectivity index (χ2n) is 6.54. The lowest BCUT2D eigenvalue weighted by atomic mass is 10.1. The van der Waals surface area contributed by atoms with Crippen LogP contribution in [0.15, 0.2) is 28.5 Å². The number of likely N-dealkylation sites (tertiary alicyclic amines) is 1. The van der Waals surface area contributed by atoms with Crippen molar-refractivity contribution in [2.45, 2.75) is 31.3 Å². The van der Waals surface area contributed by atoms with E-state index in [1.807, 2.05) is 22.4 Å². The van der Waals surface area contributed by atoms with Gasteiger partial charge in [-0.2, -0.15) is 0 Å². The van der Waals surface area contributed by atoms with E-state index in [9.17, 15) is 9.59 Å². The minimum absolute atomic E-state index is 0.135. The summed E-state index contributed by atoms with van der Waals surface area (Å²) in [5, 5.41) is 1.93. The Bertz CT molecular complexity index is 801. The number of fused-ring (bicyclic) bond motifs is 2. The first kappa shape index (κ1) is 15.5. The fourth-order valence-corrected chi connectivity index (χ4v) is 4.43. The molecule has 126 valence electrons. The number of H-pyrrole nitrogens is 1. The smallest absolute Gasteiger partial charge is 0.264 e. The summed E-state index contributed by atoms with van der Waals surface area (Å²) in [6.07, 6.45) is 4.72. The number of rotatable bonds is 2. The number of aromatic amines is 1. The van der Waals surface area contributed by atoms with Crippen molar-refractivity contribution >= 4 is 17.2 Å². The van der Waals surface area contributed by atoms with E-state index < -0.39 is 0 Å². The molecule has 0 saturated carbocycles. The Labute approximate surface area is 144 Å². The maximum absolute atomic E-state index is 12.8. The van der Waals surface area contributed by atoms with Crippen LogP contribution in [0, 0.1) is 0 Å². The third-order valence-electron chi connectivity index (χ3n) is 5.22. The van der Waals surface area contributed by atoms with Crippen LogP contribution in [0.5, 0.6) is 0 Å². The Balaban J connectivity index is 1.57.